The summed E-state index contributed by atoms with van der Waals surface area (Å²) in [4.78, 5) is 0. The van der Waals surface area contributed by atoms with Gasteiger partial charge in [-0.1, -0.05) is 11.6 Å². The van der Waals surface area contributed by atoms with Gasteiger partial charge in [-0.25, -0.2) is 0 Å². The van der Waals surface area contributed by atoms with Gasteiger partial charge in [-0.2, -0.15) is 5.10 Å². The van der Waals surface area contributed by atoms with Crippen LogP contribution in [0.25, 0.3) is 0 Å². The summed E-state index contributed by atoms with van der Waals surface area (Å²) in [6, 6.07) is 1.91. The molecule has 0 bridgehead atoms. The summed E-state index contributed by atoms with van der Waals surface area (Å²) in [7, 11) is 0. The lowest BCUT2D eigenvalue weighted by molar-refractivity contribution is 0.879. The van der Waals surface area contributed by atoms with Crippen molar-refractivity contribution in [2.24, 2.45) is 0 Å². The molecule has 1 aromatic rings. The number of rotatable bonds is 0. The zero-order valence-electron chi connectivity index (χ0n) is 5.47. The third-order valence-electron chi connectivity index (χ3n) is 1.79. The van der Waals surface area contributed by atoms with E-state index in [0.29, 0.717) is 5.15 Å². The standard InChI is InChI=1S/C7H7ClN2/c8-7-4-5-2-1-3-6(5)9-10-7/h4H,1-3H2. The highest BCUT2D eigenvalue weighted by molar-refractivity contribution is 6.29. The molecular weight excluding hydrogens is 148 g/mol. The van der Waals surface area contributed by atoms with Crippen molar-refractivity contribution in [1.82, 2.24) is 10.2 Å². The van der Waals surface area contributed by atoms with Gasteiger partial charge >= 0.3 is 0 Å². The van der Waals surface area contributed by atoms with Gasteiger partial charge < -0.3 is 0 Å². The van der Waals surface area contributed by atoms with Crippen LogP contribution in [-0.4, -0.2) is 10.2 Å². The zero-order valence-corrected chi connectivity index (χ0v) is 6.23. The van der Waals surface area contributed by atoms with Gasteiger partial charge in [0.05, 0.1) is 5.69 Å². The van der Waals surface area contributed by atoms with E-state index in [-0.39, 0.29) is 0 Å². The Kier molecular flexibility index (Phi) is 1.34. The van der Waals surface area contributed by atoms with Crippen molar-refractivity contribution < 1.29 is 0 Å². The lowest BCUT2D eigenvalue weighted by Crippen LogP contribution is -1.90. The minimum Gasteiger partial charge on any atom is -0.154 e. The van der Waals surface area contributed by atoms with Crippen LogP contribution in [0.4, 0.5) is 0 Å². The summed E-state index contributed by atoms with van der Waals surface area (Å²) in [5.74, 6) is 0. The number of aromatic nitrogens is 2. The van der Waals surface area contributed by atoms with Crippen LogP contribution >= 0.6 is 11.6 Å². The van der Waals surface area contributed by atoms with Gasteiger partial charge in [0.2, 0.25) is 0 Å². The maximum absolute atomic E-state index is 5.65. The van der Waals surface area contributed by atoms with Crippen molar-refractivity contribution in [2.75, 3.05) is 0 Å². The lowest BCUT2D eigenvalue weighted by atomic mass is 10.2. The van der Waals surface area contributed by atoms with E-state index in [0.717, 1.165) is 18.5 Å². The van der Waals surface area contributed by atoms with E-state index in [4.69, 9.17) is 11.6 Å². The average Bonchev–Trinajstić information content (AvgIpc) is 2.33. The largest absolute Gasteiger partial charge is 0.154 e. The predicted octanol–water partition coefficient (Wildman–Crippen LogP) is 1.62. The fourth-order valence-electron chi connectivity index (χ4n) is 1.30. The van der Waals surface area contributed by atoms with E-state index >= 15 is 0 Å². The molecule has 0 aromatic carbocycles. The Morgan fingerprint density at radius 2 is 2.20 bits per heavy atom. The van der Waals surface area contributed by atoms with E-state index in [1.165, 1.54) is 12.0 Å². The first kappa shape index (κ1) is 6.10. The topological polar surface area (TPSA) is 25.8 Å². The minimum atomic E-state index is 0.514. The van der Waals surface area contributed by atoms with E-state index < -0.39 is 0 Å². The zero-order chi connectivity index (χ0) is 6.97. The maximum atomic E-state index is 5.65. The van der Waals surface area contributed by atoms with Gasteiger partial charge in [0.15, 0.2) is 5.15 Å². The monoisotopic (exact) mass is 154 g/mol. The second kappa shape index (κ2) is 2.20. The molecule has 0 aliphatic heterocycles. The number of halogens is 1. The molecule has 0 saturated heterocycles. The quantitative estimate of drug-likeness (QED) is 0.568. The third-order valence-corrected chi connectivity index (χ3v) is 1.97. The molecule has 0 unspecified atom stereocenters. The molecule has 1 aliphatic rings. The van der Waals surface area contributed by atoms with E-state index in [9.17, 15) is 0 Å². The highest BCUT2D eigenvalue weighted by atomic mass is 35.5. The van der Waals surface area contributed by atoms with E-state index in [1.807, 2.05) is 6.07 Å². The molecule has 0 saturated carbocycles. The molecule has 0 atom stereocenters. The van der Waals surface area contributed by atoms with Gasteiger partial charge in [-0.15, -0.1) is 5.10 Å². The molecule has 10 heavy (non-hydrogen) atoms. The Balaban J connectivity index is 2.52. The fourth-order valence-corrected chi connectivity index (χ4v) is 1.47. The smallest absolute Gasteiger partial charge is 0.152 e. The molecule has 52 valence electrons. The molecule has 1 aromatic heterocycles. The summed E-state index contributed by atoms with van der Waals surface area (Å²) in [6.07, 6.45) is 3.38. The van der Waals surface area contributed by atoms with Crippen LogP contribution in [0, 0.1) is 0 Å². The predicted molar refractivity (Wildman–Crippen MR) is 39.1 cm³/mol. The van der Waals surface area contributed by atoms with Crippen molar-refractivity contribution in [3.63, 3.8) is 0 Å². The molecule has 2 rings (SSSR count). The van der Waals surface area contributed by atoms with Crippen molar-refractivity contribution in [2.45, 2.75) is 19.3 Å². The summed E-state index contributed by atoms with van der Waals surface area (Å²) in [5.41, 5.74) is 2.41. The molecule has 0 amide bonds. The molecule has 0 spiro atoms. The molecule has 0 fully saturated rings. The Hall–Kier alpha value is -0.630. The van der Waals surface area contributed by atoms with Gasteiger partial charge in [-0.05, 0) is 30.9 Å². The Morgan fingerprint density at radius 3 is 3.10 bits per heavy atom. The van der Waals surface area contributed by atoms with Crippen molar-refractivity contribution in [1.29, 1.82) is 0 Å². The third kappa shape index (κ3) is 0.886. The van der Waals surface area contributed by atoms with Crippen LogP contribution in [0.15, 0.2) is 6.07 Å². The van der Waals surface area contributed by atoms with Crippen LogP contribution in [0.1, 0.15) is 17.7 Å². The van der Waals surface area contributed by atoms with Gasteiger partial charge in [-0.3, -0.25) is 0 Å². The second-order valence-corrected chi connectivity index (χ2v) is 2.88. The summed E-state index contributed by atoms with van der Waals surface area (Å²) < 4.78 is 0. The summed E-state index contributed by atoms with van der Waals surface area (Å²) in [5, 5.41) is 8.26. The first-order chi connectivity index (χ1) is 4.86. The Bertz CT molecular complexity index is 260. The normalized spacial score (nSPS) is 15.3. The van der Waals surface area contributed by atoms with Crippen LogP contribution < -0.4 is 0 Å². The first-order valence-electron chi connectivity index (χ1n) is 3.37. The van der Waals surface area contributed by atoms with Gasteiger partial charge in [0.25, 0.3) is 0 Å². The summed E-state index contributed by atoms with van der Waals surface area (Å²) >= 11 is 5.65. The number of hydrogen-bond donors (Lipinski definition) is 0. The molecule has 1 aliphatic carbocycles. The number of aryl methyl sites for hydroxylation is 2. The maximum Gasteiger partial charge on any atom is 0.152 e. The van der Waals surface area contributed by atoms with Crippen LogP contribution in [0.3, 0.4) is 0 Å². The Labute approximate surface area is 64.2 Å². The lowest BCUT2D eigenvalue weighted by Gasteiger charge is -1.94. The first-order valence-corrected chi connectivity index (χ1v) is 3.75. The van der Waals surface area contributed by atoms with Crippen molar-refractivity contribution in [3.05, 3.63) is 22.5 Å². The molecule has 0 radical (unpaired) electrons. The van der Waals surface area contributed by atoms with Gasteiger partial charge in [0.1, 0.15) is 0 Å². The fraction of sp³-hybridized carbons (Fsp3) is 0.429. The van der Waals surface area contributed by atoms with E-state index in [1.54, 1.807) is 0 Å². The summed E-state index contributed by atoms with van der Waals surface area (Å²) in [6.45, 7) is 0. The van der Waals surface area contributed by atoms with Crippen molar-refractivity contribution >= 4 is 11.6 Å². The Morgan fingerprint density at radius 1 is 1.30 bits per heavy atom. The van der Waals surface area contributed by atoms with E-state index in [2.05, 4.69) is 10.2 Å². The SMILES string of the molecule is Clc1cc2c(nn1)CCC2. The number of fused-ring (bicyclic) bond motifs is 1. The van der Waals surface area contributed by atoms with Crippen molar-refractivity contribution in [3.8, 4) is 0 Å². The van der Waals surface area contributed by atoms with Crippen LogP contribution in [0.2, 0.25) is 5.15 Å². The highest BCUT2D eigenvalue weighted by Crippen LogP contribution is 2.20. The van der Waals surface area contributed by atoms with Gasteiger partial charge in [0, 0.05) is 0 Å². The molecule has 1 heterocycles. The van der Waals surface area contributed by atoms with Crippen LogP contribution in [0.5, 0.6) is 0 Å². The van der Waals surface area contributed by atoms with Crippen LogP contribution in [-0.2, 0) is 12.8 Å². The molecule has 2 nitrogen and oxygen atoms in total. The number of hydrogen-bond acceptors (Lipinski definition) is 2. The average molecular weight is 155 g/mol. The number of nitrogens with zero attached hydrogens (tertiary/aromatic N) is 2. The highest BCUT2D eigenvalue weighted by Gasteiger charge is 2.12. The molecule has 3 heteroatoms. The minimum absolute atomic E-state index is 0.514. The molecular formula is C7H7ClN2. The molecule has 0 N–H and O–H groups in total. The second-order valence-electron chi connectivity index (χ2n) is 2.49.